The fraction of sp³-hybridized carbons (Fsp3) is 0. The highest BCUT2D eigenvalue weighted by molar-refractivity contribution is 6.25. The minimum Gasteiger partial charge on any atom is -0.454 e. The summed E-state index contributed by atoms with van der Waals surface area (Å²) in [5.74, 6) is 0. The lowest BCUT2D eigenvalue weighted by atomic mass is 9.93. The van der Waals surface area contributed by atoms with Gasteiger partial charge >= 0.3 is 0 Å². The molecular formula is C66H42N2O2. The van der Waals surface area contributed by atoms with Gasteiger partial charge in [-0.05, 0) is 104 Å². The third-order valence-corrected chi connectivity index (χ3v) is 14.0. The maximum Gasteiger partial charge on any atom is 0.159 e. The van der Waals surface area contributed by atoms with Crippen molar-refractivity contribution in [2.45, 2.75) is 0 Å². The van der Waals surface area contributed by atoms with Crippen LogP contribution in [0.15, 0.2) is 264 Å². The van der Waals surface area contributed by atoms with E-state index in [4.69, 9.17) is 8.83 Å². The second-order valence-corrected chi connectivity index (χ2v) is 18.0. The maximum absolute atomic E-state index is 6.85. The molecule has 0 bridgehead atoms. The van der Waals surface area contributed by atoms with Crippen LogP contribution in [0.1, 0.15) is 0 Å². The van der Waals surface area contributed by atoms with Gasteiger partial charge in [0.2, 0.25) is 0 Å². The average molecular weight is 895 g/mol. The molecule has 0 amide bonds. The van der Waals surface area contributed by atoms with E-state index < -0.39 is 0 Å². The maximum atomic E-state index is 6.85. The molecule has 0 spiro atoms. The van der Waals surface area contributed by atoms with Crippen LogP contribution >= 0.6 is 0 Å². The number of benzene rings is 12. The zero-order valence-corrected chi connectivity index (χ0v) is 38.0. The van der Waals surface area contributed by atoms with E-state index in [0.29, 0.717) is 0 Å². The molecule has 0 unspecified atom stereocenters. The minimum absolute atomic E-state index is 0.839. The van der Waals surface area contributed by atoms with Crippen LogP contribution in [0.3, 0.4) is 0 Å². The zero-order valence-electron chi connectivity index (χ0n) is 38.0. The van der Waals surface area contributed by atoms with Crippen LogP contribution in [0.5, 0.6) is 0 Å². The summed E-state index contributed by atoms with van der Waals surface area (Å²) in [5, 5.41) is 11.2. The molecule has 4 heteroatoms. The van der Waals surface area contributed by atoms with Gasteiger partial charge < -0.3 is 18.6 Å². The van der Waals surface area contributed by atoms with Crippen molar-refractivity contribution < 1.29 is 8.83 Å². The smallest absolute Gasteiger partial charge is 0.159 e. The normalized spacial score (nSPS) is 11.7. The van der Waals surface area contributed by atoms with Crippen molar-refractivity contribution in [3.05, 3.63) is 255 Å². The molecule has 70 heavy (non-hydrogen) atoms. The second-order valence-electron chi connectivity index (χ2n) is 18.0. The lowest BCUT2D eigenvalue weighted by Crippen LogP contribution is -2.12. The first kappa shape index (κ1) is 39.8. The van der Waals surface area contributed by atoms with Crippen LogP contribution < -0.4 is 9.80 Å². The van der Waals surface area contributed by atoms with Crippen molar-refractivity contribution in [2.24, 2.45) is 0 Å². The Kier molecular flexibility index (Phi) is 9.17. The molecule has 14 rings (SSSR count). The first-order chi connectivity index (χ1) is 34.7. The van der Waals surface area contributed by atoms with E-state index in [9.17, 15) is 0 Å². The molecule has 0 saturated carbocycles. The number of hydrogen-bond acceptors (Lipinski definition) is 4. The third kappa shape index (κ3) is 6.38. The molecule has 0 atom stereocenters. The van der Waals surface area contributed by atoms with Gasteiger partial charge in [-0.3, -0.25) is 0 Å². The van der Waals surface area contributed by atoms with Gasteiger partial charge in [-0.25, -0.2) is 0 Å². The number of anilines is 6. The summed E-state index contributed by atoms with van der Waals surface area (Å²) in [4.78, 5) is 4.82. The number of rotatable bonds is 8. The number of para-hydroxylation sites is 4. The molecule has 2 aromatic heterocycles. The van der Waals surface area contributed by atoms with Crippen LogP contribution in [-0.2, 0) is 0 Å². The molecule has 0 radical (unpaired) electrons. The predicted molar refractivity (Wildman–Crippen MR) is 294 cm³/mol. The van der Waals surface area contributed by atoms with E-state index in [1.807, 2.05) is 12.1 Å². The molecule has 4 nitrogen and oxygen atoms in total. The van der Waals surface area contributed by atoms with Crippen LogP contribution in [0, 0.1) is 0 Å². The summed E-state index contributed by atoms with van der Waals surface area (Å²) in [5.41, 5.74) is 14.1. The van der Waals surface area contributed by atoms with Gasteiger partial charge in [-0.1, -0.05) is 194 Å². The molecular weight excluding hydrogens is 853 g/mol. The van der Waals surface area contributed by atoms with Gasteiger partial charge in [0, 0.05) is 43.7 Å². The fourth-order valence-corrected chi connectivity index (χ4v) is 10.8. The summed E-state index contributed by atoms with van der Waals surface area (Å²) < 4.78 is 13.7. The lowest BCUT2D eigenvalue weighted by molar-refractivity contribution is 0.669. The summed E-state index contributed by atoms with van der Waals surface area (Å²) in [7, 11) is 0. The quantitative estimate of drug-likeness (QED) is 0.142. The van der Waals surface area contributed by atoms with Gasteiger partial charge in [-0.2, -0.15) is 0 Å². The van der Waals surface area contributed by atoms with E-state index in [2.05, 4.69) is 252 Å². The monoisotopic (exact) mass is 894 g/mol. The van der Waals surface area contributed by atoms with Crippen LogP contribution in [0.25, 0.3) is 98.4 Å². The van der Waals surface area contributed by atoms with Crippen molar-refractivity contribution >= 4 is 110 Å². The Balaban J connectivity index is 1.07. The number of furan rings is 2. The molecule has 0 N–H and O–H groups in total. The number of hydrogen-bond donors (Lipinski definition) is 0. The van der Waals surface area contributed by atoms with Gasteiger partial charge in [0.15, 0.2) is 11.2 Å². The molecule has 0 aliphatic heterocycles. The van der Waals surface area contributed by atoms with E-state index in [1.165, 1.54) is 0 Å². The van der Waals surface area contributed by atoms with Gasteiger partial charge in [0.05, 0.1) is 22.7 Å². The van der Waals surface area contributed by atoms with Crippen LogP contribution in [0.2, 0.25) is 0 Å². The Morgan fingerprint density at radius 3 is 1.00 bits per heavy atom. The number of nitrogens with zero attached hydrogens (tertiary/aromatic N) is 2. The summed E-state index contributed by atoms with van der Waals surface area (Å²) in [6, 6.07) is 91.2. The molecule has 0 fully saturated rings. The summed E-state index contributed by atoms with van der Waals surface area (Å²) >= 11 is 0. The van der Waals surface area contributed by atoms with E-state index in [1.54, 1.807) is 0 Å². The first-order valence-corrected chi connectivity index (χ1v) is 23.8. The Labute approximate surface area is 404 Å². The second kappa shape index (κ2) is 16.2. The molecule has 328 valence electrons. The highest BCUT2D eigenvalue weighted by Crippen LogP contribution is 2.51. The van der Waals surface area contributed by atoms with Gasteiger partial charge in [0.25, 0.3) is 0 Å². The standard InChI is InChI=1S/C66H42N2O2/c1-3-19-43(20-4-1)45-23-15-25-47(39-45)67(59-35-17-33-55-53-31-11-13-37-63(53)69-65(55)59)61-41-57-50-28-8-10-30-52(50)62(42-58(57)49-27-7-9-29-51(49)61)68(48-26-16-24-46(40-48)44-21-5-2-6-22-44)60-36-18-34-56-54-32-12-14-38-64(54)70-66(56)60/h1-42H. The lowest BCUT2D eigenvalue weighted by Gasteiger charge is -2.30. The van der Waals surface area contributed by atoms with Crippen molar-refractivity contribution in [1.29, 1.82) is 0 Å². The van der Waals surface area contributed by atoms with Crippen molar-refractivity contribution in [3.8, 4) is 22.3 Å². The Hall–Kier alpha value is -9.38. The van der Waals surface area contributed by atoms with E-state index in [-0.39, 0.29) is 0 Å². The summed E-state index contributed by atoms with van der Waals surface area (Å²) in [6.07, 6.45) is 0. The van der Waals surface area contributed by atoms with Crippen molar-refractivity contribution in [2.75, 3.05) is 9.80 Å². The highest BCUT2D eigenvalue weighted by Gasteiger charge is 2.26. The molecule has 0 saturated heterocycles. The fourth-order valence-electron chi connectivity index (χ4n) is 10.8. The summed E-state index contributed by atoms with van der Waals surface area (Å²) in [6.45, 7) is 0. The predicted octanol–water partition coefficient (Wildman–Crippen LogP) is 19.2. The zero-order chi connectivity index (χ0) is 46.1. The number of fused-ring (bicyclic) bond motifs is 11. The van der Waals surface area contributed by atoms with Crippen molar-refractivity contribution in [1.82, 2.24) is 0 Å². The Morgan fingerprint density at radius 1 is 0.214 bits per heavy atom. The van der Waals surface area contributed by atoms with Gasteiger partial charge in [0.1, 0.15) is 11.2 Å². The Bertz CT molecular complexity index is 4040. The van der Waals surface area contributed by atoms with Crippen LogP contribution in [-0.4, -0.2) is 0 Å². The third-order valence-electron chi connectivity index (χ3n) is 14.0. The minimum atomic E-state index is 0.839. The molecule has 0 aliphatic carbocycles. The van der Waals surface area contributed by atoms with Crippen LogP contribution in [0.4, 0.5) is 34.1 Å². The average Bonchev–Trinajstić information content (AvgIpc) is 4.02. The largest absolute Gasteiger partial charge is 0.454 e. The molecule has 12 aromatic carbocycles. The molecule has 14 aromatic rings. The van der Waals surface area contributed by atoms with E-state index >= 15 is 0 Å². The molecule has 2 heterocycles. The van der Waals surface area contributed by atoms with Gasteiger partial charge in [-0.15, -0.1) is 0 Å². The first-order valence-electron chi connectivity index (χ1n) is 23.8. The highest BCUT2D eigenvalue weighted by atomic mass is 16.3. The SMILES string of the molecule is c1ccc(-c2cccc(N(c3cc4c5ccccc5c(N(c5cccc(-c6ccccc6)c5)c5cccc6c5oc5ccccc56)cc4c4ccccc34)c3cccc4c3oc3ccccc34)c2)cc1. The van der Waals surface area contributed by atoms with E-state index in [0.717, 1.165) is 133 Å². The topological polar surface area (TPSA) is 32.8 Å². The Morgan fingerprint density at radius 2 is 0.557 bits per heavy atom. The molecule has 0 aliphatic rings. The van der Waals surface area contributed by atoms with Crippen molar-refractivity contribution in [3.63, 3.8) is 0 Å².